The number of pyridine rings is 1. The van der Waals surface area contributed by atoms with Crippen LogP contribution in [0.3, 0.4) is 0 Å². The van der Waals surface area contributed by atoms with Crippen LogP contribution in [0.15, 0.2) is 16.6 Å². The molecule has 4 heteroatoms. The molecular weight excluding hydrogens is 308 g/mol. The zero-order valence-corrected chi connectivity index (χ0v) is 13.5. The van der Waals surface area contributed by atoms with Crippen LogP contribution < -0.4 is 5.32 Å². The van der Waals surface area contributed by atoms with Gasteiger partial charge in [-0.1, -0.05) is 19.3 Å². The molecular formula is C14H21BrN2S. The first-order chi connectivity index (χ1) is 8.65. The van der Waals surface area contributed by atoms with E-state index < -0.39 is 0 Å². The third-order valence-electron chi connectivity index (χ3n) is 3.81. The van der Waals surface area contributed by atoms with Crippen molar-refractivity contribution in [1.29, 1.82) is 0 Å². The summed E-state index contributed by atoms with van der Waals surface area (Å²) >= 11 is 5.51. The minimum atomic E-state index is 0.418. The Bertz CT molecular complexity index is 403. The van der Waals surface area contributed by atoms with Crippen molar-refractivity contribution >= 4 is 33.5 Å². The van der Waals surface area contributed by atoms with Crippen molar-refractivity contribution < 1.29 is 0 Å². The fourth-order valence-electron chi connectivity index (χ4n) is 2.54. The van der Waals surface area contributed by atoms with Gasteiger partial charge in [-0.15, -0.1) is 0 Å². The maximum atomic E-state index is 4.56. The molecule has 0 bridgehead atoms. The third-order valence-corrected chi connectivity index (χ3v) is 6.07. The number of aryl methyl sites for hydroxylation is 1. The first-order valence-electron chi connectivity index (χ1n) is 6.57. The SMILES string of the molecule is CSC1(CNc2ccc(Br)c(C)n2)CCCCC1. The molecule has 100 valence electrons. The molecule has 1 heterocycles. The lowest BCUT2D eigenvalue weighted by Crippen LogP contribution is -2.35. The molecule has 1 saturated carbocycles. The van der Waals surface area contributed by atoms with Crippen LogP contribution >= 0.6 is 27.7 Å². The molecule has 1 aliphatic carbocycles. The van der Waals surface area contributed by atoms with Crippen molar-refractivity contribution in [1.82, 2.24) is 4.98 Å². The van der Waals surface area contributed by atoms with E-state index in [1.807, 2.05) is 24.8 Å². The first-order valence-corrected chi connectivity index (χ1v) is 8.59. The molecule has 1 fully saturated rings. The monoisotopic (exact) mass is 328 g/mol. The molecule has 0 radical (unpaired) electrons. The van der Waals surface area contributed by atoms with Crippen LogP contribution in [0.1, 0.15) is 37.8 Å². The first kappa shape index (κ1) is 14.2. The minimum Gasteiger partial charge on any atom is -0.369 e. The van der Waals surface area contributed by atoms with Crippen molar-refractivity contribution in [3.8, 4) is 0 Å². The van der Waals surface area contributed by atoms with Gasteiger partial charge in [0, 0.05) is 15.8 Å². The highest BCUT2D eigenvalue weighted by atomic mass is 79.9. The number of halogens is 1. The largest absolute Gasteiger partial charge is 0.369 e. The highest BCUT2D eigenvalue weighted by molar-refractivity contribution is 9.10. The fourth-order valence-corrected chi connectivity index (χ4v) is 3.68. The number of nitrogens with one attached hydrogen (secondary N) is 1. The van der Waals surface area contributed by atoms with Gasteiger partial charge in [-0.05, 0) is 54.1 Å². The molecule has 1 N–H and O–H groups in total. The lowest BCUT2D eigenvalue weighted by molar-refractivity contribution is 0.411. The van der Waals surface area contributed by atoms with Crippen LogP contribution in [-0.2, 0) is 0 Å². The smallest absolute Gasteiger partial charge is 0.126 e. The number of rotatable bonds is 4. The molecule has 0 amide bonds. The molecule has 0 spiro atoms. The molecule has 0 aliphatic heterocycles. The lowest BCUT2D eigenvalue weighted by atomic mass is 9.88. The van der Waals surface area contributed by atoms with Gasteiger partial charge < -0.3 is 5.32 Å². The summed E-state index contributed by atoms with van der Waals surface area (Å²) in [4.78, 5) is 4.56. The summed E-state index contributed by atoms with van der Waals surface area (Å²) in [6.07, 6.45) is 9.04. The average molecular weight is 329 g/mol. The van der Waals surface area contributed by atoms with Gasteiger partial charge in [-0.25, -0.2) is 4.98 Å². The number of anilines is 1. The number of thioether (sulfide) groups is 1. The molecule has 18 heavy (non-hydrogen) atoms. The molecule has 0 unspecified atom stereocenters. The Labute approximate surface area is 122 Å². The molecule has 1 aromatic heterocycles. The zero-order valence-electron chi connectivity index (χ0n) is 11.1. The molecule has 2 rings (SSSR count). The Morgan fingerprint density at radius 3 is 2.67 bits per heavy atom. The van der Waals surface area contributed by atoms with Crippen molar-refractivity contribution in [3.05, 3.63) is 22.3 Å². The van der Waals surface area contributed by atoms with E-state index in [1.54, 1.807) is 0 Å². The molecule has 1 aromatic rings. The van der Waals surface area contributed by atoms with E-state index in [0.717, 1.165) is 22.5 Å². The van der Waals surface area contributed by atoms with Gasteiger partial charge in [0.1, 0.15) is 5.82 Å². The summed E-state index contributed by atoms with van der Waals surface area (Å²) in [6, 6.07) is 4.12. The Hall–Kier alpha value is -0.220. The van der Waals surface area contributed by atoms with E-state index >= 15 is 0 Å². The summed E-state index contributed by atoms with van der Waals surface area (Å²) in [5, 5.41) is 3.52. The van der Waals surface area contributed by atoms with Gasteiger partial charge >= 0.3 is 0 Å². The van der Waals surface area contributed by atoms with Gasteiger partial charge in [-0.3, -0.25) is 0 Å². The summed E-state index contributed by atoms with van der Waals surface area (Å²) in [6.45, 7) is 3.06. The van der Waals surface area contributed by atoms with E-state index in [1.165, 1.54) is 32.1 Å². The zero-order chi connectivity index (χ0) is 13.0. The Morgan fingerprint density at radius 1 is 1.33 bits per heavy atom. The number of hydrogen-bond acceptors (Lipinski definition) is 3. The predicted octanol–water partition coefficient (Wildman–Crippen LogP) is 4.63. The molecule has 1 aliphatic rings. The van der Waals surface area contributed by atoms with Crippen LogP contribution in [-0.4, -0.2) is 22.5 Å². The number of hydrogen-bond donors (Lipinski definition) is 1. The van der Waals surface area contributed by atoms with Gasteiger partial charge in [0.2, 0.25) is 0 Å². The Kier molecular flexibility index (Phi) is 4.96. The van der Waals surface area contributed by atoms with Crippen LogP contribution in [0.2, 0.25) is 0 Å². The standard InChI is InChI=1S/C14H21BrN2S/c1-11-12(15)6-7-13(17-11)16-10-14(18-2)8-4-3-5-9-14/h6-7H,3-5,8-10H2,1-2H3,(H,16,17). The van der Waals surface area contributed by atoms with E-state index in [2.05, 4.69) is 38.6 Å². The second-order valence-electron chi connectivity index (χ2n) is 5.07. The molecule has 0 saturated heterocycles. The third kappa shape index (κ3) is 3.41. The normalized spacial score (nSPS) is 18.6. The highest BCUT2D eigenvalue weighted by Crippen LogP contribution is 2.38. The van der Waals surface area contributed by atoms with Crippen LogP contribution in [0.4, 0.5) is 5.82 Å². The molecule has 2 nitrogen and oxygen atoms in total. The van der Waals surface area contributed by atoms with Gasteiger partial charge in [-0.2, -0.15) is 11.8 Å². The Morgan fingerprint density at radius 2 is 2.06 bits per heavy atom. The Balaban J connectivity index is 1.98. The van der Waals surface area contributed by atoms with Crippen LogP contribution in [0, 0.1) is 6.92 Å². The highest BCUT2D eigenvalue weighted by Gasteiger charge is 2.30. The van der Waals surface area contributed by atoms with E-state index in [0.29, 0.717) is 4.75 Å². The van der Waals surface area contributed by atoms with E-state index in [4.69, 9.17) is 0 Å². The van der Waals surface area contributed by atoms with Crippen molar-refractivity contribution in [2.75, 3.05) is 18.1 Å². The topological polar surface area (TPSA) is 24.9 Å². The summed E-state index contributed by atoms with van der Waals surface area (Å²) < 4.78 is 1.49. The van der Waals surface area contributed by atoms with E-state index in [9.17, 15) is 0 Å². The fraction of sp³-hybridized carbons (Fsp3) is 0.643. The predicted molar refractivity (Wildman–Crippen MR) is 84.5 cm³/mol. The van der Waals surface area contributed by atoms with Gasteiger partial charge in [0.05, 0.1) is 5.69 Å². The lowest BCUT2D eigenvalue weighted by Gasteiger charge is -2.36. The van der Waals surface area contributed by atoms with Gasteiger partial charge in [0.15, 0.2) is 0 Å². The average Bonchev–Trinajstić information content (AvgIpc) is 2.41. The molecule has 0 aromatic carbocycles. The summed E-state index contributed by atoms with van der Waals surface area (Å²) in [7, 11) is 0. The number of aromatic nitrogens is 1. The van der Waals surface area contributed by atoms with E-state index in [-0.39, 0.29) is 0 Å². The summed E-state index contributed by atoms with van der Waals surface area (Å²) in [5.74, 6) is 0.995. The second kappa shape index (κ2) is 6.29. The maximum Gasteiger partial charge on any atom is 0.126 e. The molecule has 0 atom stereocenters. The van der Waals surface area contributed by atoms with Crippen molar-refractivity contribution in [2.45, 2.75) is 43.8 Å². The second-order valence-corrected chi connectivity index (χ2v) is 7.19. The quantitative estimate of drug-likeness (QED) is 0.872. The summed E-state index contributed by atoms with van der Waals surface area (Å²) in [5.41, 5.74) is 1.04. The van der Waals surface area contributed by atoms with Crippen molar-refractivity contribution in [3.63, 3.8) is 0 Å². The van der Waals surface area contributed by atoms with Crippen LogP contribution in [0.5, 0.6) is 0 Å². The van der Waals surface area contributed by atoms with Crippen LogP contribution in [0.25, 0.3) is 0 Å². The van der Waals surface area contributed by atoms with Crippen molar-refractivity contribution in [2.24, 2.45) is 0 Å². The maximum absolute atomic E-state index is 4.56. The van der Waals surface area contributed by atoms with Gasteiger partial charge in [0.25, 0.3) is 0 Å². The minimum absolute atomic E-state index is 0.418. The number of nitrogens with zero attached hydrogens (tertiary/aromatic N) is 1.